The zero-order valence-electron chi connectivity index (χ0n) is 8.10. The van der Waals surface area contributed by atoms with E-state index in [0.717, 1.165) is 0 Å². The Morgan fingerprint density at radius 3 is 3.00 bits per heavy atom. The van der Waals surface area contributed by atoms with Gasteiger partial charge in [0, 0.05) is 12.6 Å². The highest BCUT2D eigenvalue weighted by atomic mass is 16.5. The van der Waals surface area contributed by atoms with E-state index in [1.54, 1.807) is 18.4 Å². The molecule has 0 aromatic heterocycles. The van der Waals surface area contributed by atoms with Crippen molar-refractivity contribution in [1.82, 2.24) is 4.90 Å². The quantitative estimate of drug-likeness (QED) is 0.495. The molecule has 0 aromatic carbocycles. The van der Waals surface area contributed by atoms with Crippen molar-refractivity contribution in [1.29, 1.82) is 0 Å². The average molecular weight is 195 g/mol. The fourth-order valence-electron chi connectivity index (χ4n) is 1.41. The van der Waals surface area contributed by atoms with E-state index < -0.39 is 6.04 Å². The van der Waals surface area contributed by atoms with E-state index in [1.807, 2.05) is 0 Å². The minimum absolute atomic E-state index is 0.0569. The highest BCUT2D eigenvalue weighted by Gasteiger charge is 2.35. The average Bonchev–Trinajstić information content (AvgIpc) is 2.56. The molecule has 0 bridgehead atoms. The van der Waals surface area contributed by atoms with Gasteiger partial charge in [-0.2, -0.15) is 0 Å². The lowest BCUT2D eigenvalue weighted by Gasteiger charge is -2.17. The topological polar surface area (TPSA) is 46.6 Å². The van der Waals surface area contributed by atoms with E-state index in [0.29, 0.717) is 12.8 Å². The second kappa shape index (κ2) is 4.60. The lowest BCUT2D eigenvalue weighted by Crippen LogP contribution is -2.35. The summed E-state index contributed by atoms with van der Waals surface area (Å²) >= 11 is 0. The summed E-state index contributed by atoms with van der Waals surface area (Å²) < 4.78 is 4.60. The van der Waals surface area contributed by atoms with Crippen molar-refractivity contribution >= 4 is 11.9 Å². The van der Waals surface area contributed by atoms with E-state index in [2.05, 4.69) is 11.3 Å². The van der Waals surface area contributed by atoms with Gasteiger partial charge in [-0.3, -0.25) is 4.79 Å². The molecule has 0 saturated carbocycles. The van der Waals surface area contributed by atoms with Crippen LogP contribution in [-0.2, 0) is 14.3 Å². The third-order valence-corrected chi connectivity index (χ3v) is 2.11. The van der Waals surface area contributed by atoms with Gasteiger partial charge in [-0.25, -0.2) is 4.79 Å². The van der Waals surface area contributed by atoms with Crippen LogP contribution in [0, 0.1) is 0 Å². The van der Waals surface area contributed by atoms with Gasteiger partial charge < -0.3 is 9.64 Å². The van der Waals surface area contributed by atoms with Crippen LogP contribution in [0.5, 0.6) is 0 Å². The summed E-state index contributed by atoms with van der Waals surface area (Å²) in [5.74, 6) is -0.428. The van der Waals surface area contributed by atoms with Crippen LogP contribution in [0.25, 0.3) is 0 Å². The van der Waals surface area contributed by atoms with E-state index in [4.69, 9.17) is 0 Å². The van der Waals surface area contributed by atoms with Crippen LogP contribution >= 0.6 is 0 Å². The number of amides is 1. The summed E-state index contributed by atoms with van der Waals surface area (Å²) in [5.41, 5.74) is 0. The van der Waals surface area contributed by atoms with E-state index >= 15 is 0 Å². The Kier molecular flexibility index (Phi) is 3.45. The van der Waals surface area contributed by atoms with E-state index in [-0.39, 0.29) is 11.9 Å². The van der Waals surface area contributed by atoms with Crippen molar-refractivity contribution in [3.63, 3.8) is 0 Å². The summed E-state index contributed by atoms with van der Waals surface area (Å²) in [6.45, 7) is 3.50. The molecule has 1 amide bonds. The zero-order valence-corrected chi connectivity index (χ0v) is 8.10. The van der Waals surface area contributed by atoms with Crippen molar-refractivity contribution in [3.05, 3.63) is 24.9 Å². The third-order valence-electron chi connectivity index (χ3n) is 2.11. The predicted octanol–water partition coefficient (Wildman–Crippen LogP) is 0.850. The Bertz CT molecular complexity index is 283. The van der Waals surface area contributed by atoms with Gasteiger partial charge in [-0.1, -0.05) is 12.7 Å². The molecule has 0 aromatic rings. The molecule has 1 aliphatic heterocycles. The molecule has 4 heteroatoms. The van der Waals surface area contributed by atoms with Crippen LogP contribution in [0.2, 0.25) is 0 Å². The number of carbonyl (C=O) groups is 2. The molecule has 0 spiro atoms. The molecule has 1 heterocycles. The maximum absolute atomic E-state index is 11.3. The van der Waals surface area contributed by atoms with Gasteiger partial charge in [0.25, 0.3) is 0 Å². The van der Waals surface area contributed by atoms with Crippen molar-refractivity contribution < 1.29 is 14.3 Å². The monoisotopic (exact) mass is 195 g/mol. The highest BCUT2D eigenvalue weighted by Crippen LogP contribution is 2.19. The van der Waals surface area contributed by atoms with Gasteiger partial charge in [0.15, 0.2) is 0 Å². The molecule has 0 aliphatic carbocycles. The summed E-state index contributed by atoms with van der Waals surface area (Å²) in [7, 11) is 1.32. The number of carbonyl (C=O) groups excluding carboxylic acids is 2. The molecule has 1 atom stereocenters. The fraction of sp³-hybridized carbons (Fsp3) is 0.400. The number of methoxy groups -OCH3 is 1. The number of hydrogen-bond acceptors (Lipinski definition) is 3. The zero-order chi connectivity index (χ0) is 10.6. The minimum atomic E-state index is -0.469. The highest BCUT2D eigenvalue weighted by molar-refractivity contribution is 5.88. The van der Waals surface area contributed by atoms with Gasteiger partial charge in [0.05, 0.1) is 7.11 Å². The Morgan fingerprint density at radius 1 is 1.71 bits per heavy atom. The van der Waals surface area contributed by atoms with Crippen LogP contribution in [0.4, 0.5) is 0 Å². The van der Waals surface area contributed by atoms with Crippen LogP contribution in [-0.4, -0.2) is 29.9 Å². The Labute approximate surface area is 82.8 Å². The molecule has 1 aliphatic rings. The standard InChI is InChI=1S/C10H13NO3/c1-3-4-7-11-8(10(13)14-2)5-6-9(11)12/h3-4,7-8H,1,5-6H2,2H3/b7-4+/t8-/m0/s1. The molecule has 1 rings (SSSR count). The number of likely N-dealkylation sites (tertiary alicyclic amines) is 1. The molecule has 0 unspecified atom stereocenters. The lowest BCUT2D eigenvalue weighted by atomic mass is 10.2. The number of allylic oxidation sites excluding steroid dienone is 2. The van der Waals surface area contributed by atoms with Gasteiger partial charge in [0.2, 0.25) is 5.91 Å². The summed E-state index contributed by atoms with van der Waals surface area (Å²) in [6, 6.07) is -0.469. The van der Waals surface area contributed by atoms with Crippen LogP contribution in [0.15, 0.2) is 24.9 Å². The van der Waals surface area contributed by atoms with Crippen LogP contribution < -0.4 is 0 Å². The summed E-state index contributed by atoms with van der Waals surface area (Å²) in [6.07, 6.45) is 5.65. The molecular weight excluding hydrogens is 182 g/mol. The minimum Gasteiger partial charge on any atom is -0.467 e. The van der Waals surface area contributed by atoms with Crippen molar-refractivity contribution in [2.24, 2.45) is 0 Å². The number of ether oxygens (including phenoxy) is 1. The van der Waals surface area contributed by atoms with Crippen molar-refractivity contribution in [2.45, 2.75) is 18.9 Å². The van der Waals surface area contributed by atoms with Gasteiger partial charge in [0.1, 0.15) is 6.04 Å². The van der Waals surface area contributed by atoms with Crippen LogP contribution in [0.3, 0.4) is 0 Å². The lowest BCUT2D eigenvalue weighted by molar-refractivity contribution is -0.147. The fourth-order valence-corrected chi connectivity index (χ4v) is 1.41. The van der Waals surface area contributed by atoms with Crippen LogP contribution in [0.1, 0.15) is 12.8 Å². The normalized spacial score (nSPS) is 21.6. The Morgan fingerprint density at radius 2 is 2.43 bits per heavy atom. The maximum atomic E-state index is 11.3. The first-order valence-corrected chi connectivity index (χ1v) is 4.39. The summed E-state index contributed by atoms with van der Waals surface area (Å²) in [5, 5.41) is 0. The molecule has 0 radical (unpaired) electrons. The maximum Gasteiger partial charge on any atom is 0.328 e. The van der Waals surface area contributed by atoms with Gasteiger partial charge >= 0.3 is 5.97 Å². The van der Waals surface area contributed by atoms with Crippen molar-refractivity contribution in [2.75, 3.05) is 7.11 Å². The Balaban J connectivity index is 2.76. The first-order valence-electron chi connectivity index (χ1n) is 4.39. The predicted molar refractivity (Wildman–Crippen MR) is 51.2 cm³/mol. The number of nitrogens with zero attached hydrogens (tertiary/aromatic N) is 1. The van der Waals surface area contributed by atoms with E-state index in [1.165, 1.54) is 12.0 Å². The second-order valence-corrected chi connectivity index (χ2v) is 2.96. The first-order chi connectivity index (χ1) is 6.70. The first kappa shape index (κ1) is 10.5. The number of esters is 1. The van der Waals surface area contributed by atoms with E-state index in [9.17, 15) is 9.59 Å². The molecule has 0 N–H and O–H groups in total. The molecule has 1 fully saturated rings. The second-order valence-electron chi connectivity index (χ2n) is 2.96. The largest absolute Gasteiger partial charge is 0.467 e. The molecular formula is C10H13NO3. The third kappa shape index (κ3) is 2.02. The number of hydrogen-bond donors (Lipinski definition) is 0. The molecule has 1 saturated heterocycles. The van der Waals surface area contributed by atoms with Crippen molar-refractivity contribution in [3.8, 4) is 0 Å². The summed E-state index contributed by atoms with van der Waals surface area (Å²) in [4.78, 5) is 24.0. The molecule has 4 nitrogen and oxygen atoms in total. The molecule has 76 valence electrons. The smallest absolute Gasteiger partial charge is 0.328 e. The Hall–Kier alpha value is -1.58. The van der Waals surface area contributed by atoms with Gasteiger partial charge in [-0.15, -0.1) is 0 Å². The molecule has 14 heavy (non-hydrogen) atoms. The number of rotatable bonds is 3. The van der Waals surface area contributed by atoms with Gasteiger partial charge in [-0.05, 0) is 12.5 Å². The SMILES string of the molecule is C=C/C=C/N1C(=O)CC[C@H]1C(=O)OC.